The molecule has 0 radical (unpaired) electrons. The van der Waals surface area contributed by atoms with Gasteiger partial charge in [0.2, 0.25) is 0 Å². The molecule has 4 rings (SSSR count). The van der Waals surface area contributed by atoms with Gasteiger partial charge in [0, 0.05) is 31.9 Å². The predicted molar refractivity (Wildman–Crippen MR) is 113 cm³/mol. The number of carbonyl (C=O) groups excluding carboxylic acids is 1. The van der Waals surface area contributed by atoms with Crippen molar-refractivity contribution >= 4 is 11.6 Å². The van der Waals surface area contributed by atoms with Crippen LogP contribution in [0.1, 0.15) is 15.9 Å². The molecule has 1 saturated heterocycles. The zero-order valence-corrected chi connectivity index (χ0v) is 16.7. The molecule has 0 aromatic heterocycles. The molecule has 0 saturated carbocycles. The van der Waals surface area contributed by atoms with Crippen molar-refractivity contribution in [3.8, 4) is 11.5 Å². The van der Waals surface area contributed by atoms with Gasteiger partial charge >= 0.3 is 6.18 Å². The summed E-state index contributed by atoms with van der Waals surface area (Å²) in [5.74, 6) is 0.950. The van der Waals surface area contributed by atoms with Crippen LogP contribution < -0.4 is 9.64 Å². The topological polar surface area (TPSA) is 32.8 Å². The third-order valence-electron chi connectivity index (χ3n) is 5.19. The van der Waals surface area contributed by atoms with Crippen LogP contribution in [0, 0.1) is 0 Å². The Morgan fingerprint density at radius 1 is 0.806 bits per heavy atom. The van der Waals surface area contributed by atoms with Crippen LogP contribution in [0.25, 0.3) is 0 Å². The third-order valence-corrected chi connectivity index (χ3v) is 5.19. The van der Waals surface area contributed by atoms with E-state index in [0.29, 0.717) is 48.9 Å². The van der Waals surface area contributed by atoms with Crippen LogP contribution >= 0.6 is 0 Å². The van der Waals surface area contributed by atoms with E-state index < -0.39 is 11.7 Å². The summed E-state index contributed by atoms with van der Waals surface area (Å²) in [4.78, 5) is 16.7. The van der Waals surface area contributed by atoms with Crippen molar-refractivity contribution in [1.82, 2.24) is 4.90 Å². The molecule has 1 amide bonds. The SMILES string of the molecule is O=C(c1ccccc1Oc1ccccc1)N1CCN(c2cccc(C(F)(F)F)c2)CC1. The van der Waals surface area contributed by atoms with Gasteiger partial charge in [-0.15, -0.1) is 0 Å². The van der Waals surface area contributed by atoms with Gasteiger partial charge in [-0.05, 0) is 42.5 Å². The van der Waals surface area contributed by atoms with Gasteiger partial charge in [-0.1, -0.05) is 36.4 Å². The summed E-state index contributed by atoms with van der Waals surface area (Å²) in [5.41, 5.74) is 0.295. The minimum absolute atomic E-state index is 0.157. The maximum absolute atomic E-state index is 13.1. The Bertz CT molecular complexity index is 1050. The van der Waals surface area contributed by atoms with Gasteiger partial charge in [0.1, 0.15) is 11.5 Å². The highest BCUT2D eigenvalue weighted by Crippen LogP contribution is 2.32. The molecule has 0 aliphatic carbocycles. The number of benzene rings is 3. The highest BCUT2D eigenvalue weighted by molar-refractivity contribution is 5.97. The highest BCUT2D eigenvalue weighted by atomic mass is 19.4. The molecule has 1 aliphatic rings. The summed E-state index contributed by atoms with van der Waals surface area (Å²) in [7, 11) is 0. The number of carbonyl (C=O) groups is 1. The number of para-hydroxylation sites is 2. The van der Waals surface area contributed by atoms with Crippen molar-refractivity contribution in [3.05, 3.63) is 90.0 Å². The number of hydrogen-bond acceptors (Lipinski definition) is 3. The minimum atomic E-state index is -4.38. The molecule has 0 spiro atoms. The van der Waals surface area contributed by atoms with Crippen molar-refractivity contribution in [3.63, 3.8) is 0 Å². The first-order chi connectivity index (χ1) is 14.9. The number of piperazine rings is 1. The van der Waals surface area contributed by atoms with Crippen molar-refractivity contribution in [2.24, 2.45) is 0 Å². The second-order valence-electron chi connectivity index (χ2n) is 7.24. The molecule has 1 heterocycles. The molecule has 3 aromatic rings. The summed E-state index contributed by atoms with van der Waals surface area (Å²) in [6, 6.07) is 21.6. The zero-order valence-electron chi connectivity index (χ0n) is 16.7. The van der Waals surface area contributed by atoms with E-state index in [2.05, 4.69) is 0 Å². The second-order valence-corrected chi connectivity index (χ2v) is 7.24. The smallest absolute Gasteiger partial charge is 0.416 e. The molecule has 31 heavy (non-hydrogen) atoms. The van der Waals surface area contributed by atoms with Crippen LogP contribution in [0.15, 0.2) is 78.9 Å². The molecule has 3 aromatic carbocycles. The number of alkyl halides is 3. The fourth-order valence-electron chi connectivity index (χ4n) is 3.56. The van der Waals surface area contributed by atoms with Crippen molar-refractivity contribution < 1.29 is 22.7 Å². The Morgan fingerprint density at radius 3 is 2.19 bits per heavy atom. The molecule has 0 bridgehead atoms. The van der Waals surface area contributed by atoms with E-state index in [9.17, 15) is 18.0 Å². The first kappa shape index (κ1) is 20.8. The molecule has 0 unspecified atom stereocenters. The van der Waals surface area contributed by atoms with Crippen molar-refractivity contribution in [2.45, 2.75) is 6.18 Å². The van der Waals surface area contributed by atoms with Gasteiger partial charge in [-0.2, -0.15) is 13.2 Å². The van der Waals surface area contributed by atoms with Crippen LogP contribution in [-0.4, -0.2) is 37.0 Å². The average Bonchev–Trinajstić information content (AvgIpc) is 2.79. The van der Waals surface area contributed by atoms with Gasteiger partial charge in [0.05, 0.1) is 11.1 Å². The van der Waals surface area contributed by atoms with E-state index in [1.54, 1.807) is 35.2 Å². The lowest BCUT2D eigenvalue weighted by Crippen LogP contribution is -2.48. The number of nitrogens with zero attached hydrogens (tertiary/aromatic N) is 2. The Morgan fingerprint density at radius 2 is 1.48 bits per heavy atom. The summed E-state index contributed by atoms with van der Waals surface area (Å²) in [6.45, 7) is 1.73. The fraction of sp³-hybridized carbons (Fsp3) is 0.208. The first-order valence-corrected chi connectivity index (χ1v) is 9.95. The predicted octanol–water partition coefficient (Wildman–Crippen LogP) is 5.46. The largest absolute Gasteiger partial charge is 0.457 e. The Hall–Kier alpha value is -3.48. The first-order valence-electron chi connectivity index (χ1n) is 9.95. The van der Waals surface area contributed by atoms with E-state index in [4.69, 9.17) is 4.74 Å². The van der Waals surface area contributed by atoms with E-state index in [1.807, 2.05) is 35.2 Å². The van der Waals surface area contributed by atoms with E-state index in [0.717, 1.165) is 12.1 Å². The summed E-state index contributed by atoms with van der Waals surface area (Å²) < 4.78 is 44.9. The Kier molecular flexibility index (Phi) is 5.84. The van der Waals surface area contributed by atoms with E-state index >= 15 is 0 Å². The van der Waals surface area contributed by atoms with E-state index in [-0.39, 0.29) is 5.91 Å². The monoisotopic (exact) mass is 426 g/mol. The van der Waals surface area contributed by atoms with Gasteiger partial charge in [-0.25, -0.2) is 0 Å². The molecular weight excluding hydrogens is 405 g/mol. The maximum Gasteiger partial charge on any atom is 0.416 e. The molecule has 7 heteroatoms. The lowest BCUT2D eigenvalue weighted by Gasteiger charge is -2.36. The van der Waals surface area contributed by atoms with Crippen LogP contribution in [0.5, 0.6) is 11.5 Å². The summed E-state index contributed by atoms with van der Waals surface area (Å²) >= 11 is 0. The van der Waals surface area contributed by atoms with Gasteiger partial charge in [-0.3, -0.25) is 4.79 Å². The normalized spacial score (nSPS) is 14.4. The molecule has 1 fully saturated rings. The third kappa shape index (κ3) is 4.82. The number of anilines is 1. The van der Waals surface area contributed by atoms with Crippen molar-refractivity contribution in [1.29, 1.82) is 0 Å². The lowest BCUT2D eigenvalue weighted by molar-refractivity contribution is -0.137. The van der Waals surface area contributed by atoms with Gasteiger partial charge < -0.3 is 14.5 Å². The lowest BCUT2D eigenvalue weighted by atomic mass is 10.1. The maximum atomic E-state index is 13.1. The number of halogens is 3. The summed E-state index contributed by atoms with van der Waals surface area (Å²) in [6.07, 6.45) is -4.38. The summed E-state index contributed by atoms with van der Waals surface area (Å²) in [5, 5.41) is 0. The second kappa shape index (κ2) is 8.71. The van der Waals surface area contributed by atoms with Gasteiger partial charge in [0.25, 0.3) is 5.91 Å². The van der Waals surface area contributed by atoms with Crippen LogP contribution in [0.3, 0.4) is 0 Å². The molecule has 4 nitrogen and oxygen atoms in total. The number of rotatable bonds is 4. The number of amides is 1. The Labute approximate surface area is 178 Å². The van der Waals surface area contributed by atoms with Crippen LogP contribution in [0.4, 0.5) is 18.9 Å². The highest BCUT2D eigenvalue weighted by Gasteiger charge is 2.31. The average molecular weight is 426 g/mol. The van der Waals surface area contributed by atoms with Crippen LogP contribution in [0.2, 0.25) is 0 Å². The zero-order chi connectivity index (χ0) is 21.8. The molecule has 0 N–H and O–H groups in total. The quantitative estimate of drug-likeness (QED) is 0.555. The Balaban J connectivity index is 1.45. The van der Waals surface area contributed by atoms with Crippen molar-refractivity contribution in [2.75, 3.05) is 31.1 Å². The standard InChI is InChI=1S/C24H21F3N2O2/c25-24(26,27)18-7-6-8-19(17-18)28-13-15-29(16-14-28)23(30)21-11-4-5-12-22(21)31-20-9-2-1-3-10-20/h1-12,17H,13-16H2. The fourth-order valence-corrected chi connectivity index (χ4v) is 3.56. The molecule has 160 valence electrons. The van der Waals surface area contributed by atoms with Crippen LogP contribution in [-0.2, 0) is 6.18 Å². The molecular formula is C24H21F3N2O2. The van der Waals surface area contributed by atoms with Gasteiger partial charge in [0.15, 0.2) is 0 Å². The van der Waals surface area contributed by atoms with E-state index in [1.165, 1.54) is 6.07 Å². The molecule has 0 atom stereocenters. The number of hydrogen-bond donors (Lipinski definition) is 0. The minimum Gasteiger partial charge on any atom is -0.457 e. The molecule has 1 aliphatic heterocycles. The number of ether oxygens (including phenoxy) is 1.